The van der Waals surface area contributed by atoms with Crippen molar-refractivity contribution in [2.75, 3.05) is 0 Å². The Morgan fingerprint density at radius 3 is 1.93 bits per heavy atom. The summed E-state index contributed by atoms with van der Waals surface area (Å²) in [6, 6.07) is 0. The molecule has 0 rings (SSSR count). The van der Waals surface area contributed by atoms with Gasteiger partial charge in [-0.05, 0) is 12.3 Å². The van der Waals surface area contributed by atoms with E-state index in [2.05, 4.69) is 4.74 Å². The predicted octanol–water partition coefficient (Wildman–Crippen LogP) is 3.69. The van der Waals surface area contributed by atoms with E-state index in [-0.39, 0.29) is 5.92 Å². The van der Waals surface area contributed by atoms with Crippen LogP contribution in [0.2, 0.25) is 0 Å². The van der Waals surface area contributed by atoms with Gasteiger partial charge in [0.2, 0.25) is 0 Å². The van der Waals surface area contributed by atoms with E-state index in [1.807, 2.05) is 0 Å². The standard InChI is InChI=1S/C9H16F4O/c1-4-6(3)7(5-2)14-9(12,13)8(10)11/h6-8H,4-5H2,1-3H3. The van der Waals surface area contributed by atoms with Gasteiger partial charge in [-0.2, -0.15) is 8.78 Å². The summed E-state index contributed by atoms with van der Waals surface area (Å²) < 4.78 is 52.7. The van der Waals surface area contributed by atoms with Crippen molar-refractivity contribution in [2.24, 2.45) is 5.92 Å². The maximum absolute atomic E-state index is 12.5. The van der Waals surface area contributed by atoms with E-state index in [1.165, 1.54) is 0 Å². The Kier molecular flexibility index (Phi) is 5.41. The molecule has 0 aromatic rings. The Hall–Kier alpha value is -0.320. The average molecular weight is 216 g/mol. The lowest BCUT2D eigenvalue weighted by atomic mass is 10.00. The molecular weight excluding hydrogens is 200 g/mol. The number of halogens is 4. The molecule has 0 fully saturated rings. The van der Waals surface area contributed by atoms with Crippen molar-refractivity contribution in [2.45, 2.75) is 52.3 Å². The monoisotopic (exact) mass is 216 g/mol. The SMILES string of the molecule is CCC(C)C(CC)OC(F)(F)C(F)F. The van der Waals surface area contributed by atoms with E-state index >= 15 is 0 Å². The number of alkyl halides is 4. The molecule has 0 spiro atoms. The highest BCUT2D eigenvalue weighted by Gasteiger charge is 2.44. The highest BCUT2D eigenvalue weighted by atomic mass is 19.3. The van der Waals surface area contributed by atoms with Crippen molar-refractivity contribution in [3.63, 3.8) is 0 Å². The maximum Gasteiger partial charge on any atom is 0.416 e. The fraction of sp³-hybridized carbons (Fsp3) is 1.00. The number of ether oxygens (including phenoxy) is 1. The maximum atomic E-state index is 12.5. The first-order chi connectivity index (χ1) is 6.35. The van der Waals surface area contributed by atoms with Crippen LogP contribution < -0.4 is 0 Å². The van der Waals surface area contributed by atoms with Gasteiger partial charge in [0.1, 0.15) is 0 Å². The molecule has 86 valence electrons. The zero-order chi connectivity index (χ0) is 11.4. The van der Waals surface area contributed by atoms with Crippen molar-refractivity contribution in [3.8, 4) is 0 Å². The third-order valence-corrected chi connectivity index (χ3v) is 2.24. The van der Waals surface area contributed by atoms with E-state index in [1.54, 1.807) is 20.8 Å². The molecule has 0 aromatic heterocycles. The lowest BCUT2D eigenvalue weighted by Gasteiger charge is -2.26. The van der Waals surface area contributed by atoms with Gasteiger partial charge < -0.3 is 4.74 Å². The lowest BCUT2D eigenvalue weighted by Crippen LogP contribution is -2.37. The minimum Gasteiger partial charge on any atom is -0.312 e. The van der Waals surface area contributed by atoms with Crippen molar-refractivity contribution in [1.82, 2.24) is 0 Å². The molecule has 0 heterocycles. The van der Waals surface area contributed by atoms with Gasteiger partial charge in [0.05, 0.1) is 6.10 Å². The summed E-state index contributed by atoms with van der Waals surface area (Å²) in [6.07, 6.45) is -7.98. The van der Waals surface area contributed by atoms with Crippen molar-refractivity contribution >= 4 is 0 Å². The zero-order valence-electron chi connectivity index (χ0n) is 8.57. The van der Waals surface area contributed by atoms with Crippen LogP contribution in [0.25, 0.3) is 0 Å². The van der Waals surface area contributed by atoms with Crippen molar-refractivity contribution in [1.29, 1.82) is 0 Å². The molecule has 2 unspecified atom stereocenters. The molecule has 0 radical (unpaired) electrons. The molecule has 0 aliphatic carbocycles. The summed E-state index contributed by atoms with van der Waals surface area (Å²) in [6.45, 7) is 5.14. The van der Waals surface area contributed by atoms with Crippen LogP contribution in [0, 0.1) is 5.92 Å². The molecule has 2 atom stereocenters. The summed E-state index contributed by atoms with van der Waals surface area (Å²) in [5.41, 5.74) is 0. The number of hydrogen-bond donors (Lipinski definition) is 0. The van der Waals surface area contributed by atoms with Crippen molar-refractivity contribution < 1.29 is 22.3 Å². The largest absolute Gasteiger partial charge is 0.416 e. The fourth-order valence-corrected chi connectivity index (χ4v) is 1.12. The van der Waals surface area contributed by atoms with Gasteiger partial charge >= 0.3 is 12.5 Å². The average Bonchev–Trinajstić information content (AvgIpc) is 2.12. The normalized spacial score (nSPS) is 17.1. The second kappa shape index (κ2) is 5.53. The molecule has 0 saturated carbocycles. The Morgan fingerprint density at radius 2 is 1.64 bits per heavy atom. The van der Waals surface area contributed by atoms with E-state index in [0.29, 0.717) is 12.8 Å². The summed E-state index contributed by atoms with van der Waals surface area (Å²) in [4.78, 5) is 0. The Morgan fingerprint density at radius 1 is 1.14 bits per heavy atom. The van der Waals surface area contributed by atoms with Crippen LogP contribution in [0.5, 0.6) is 0 Å². The van der Waals surface area contributed by atoms with Gasteiger partial charge in [0, 0.05) is 0 Å². The molecule has 0 N–H and O–H groups in total. The molecule has 14 heavy (non-hydrogen) atoms. The Balaban J connectivity index is 4.30. The van der Waals surface area contributed by atoms with Crippen LogP contribution in [-0.4, -0.2) is 18.6 Å². The van der Waals surface area contributed by atoms with Gasteiger partial charge in [-0.25, -0.2) is 8.78 Å². The van der Waals surface area contributed by atoms with Crippen LogP contribution >= 0.6 is 0 Å². The number of hydrogen-bond acceptors (Lipinski definition) is 1. The molecule has 1 nitrogen and oxygen atoms in total. The highest BCUT2D eigenvalue weighted by molar-refractivity contribution is 4.67. The first kappa shape index (κ1) is 13.7. The quantitative estimate of drug-likeness (QED) is 0.615. The molecule has 0 aromatic carbocycles. The van der Waals surface area contributed by atoms with Gasteiger partial charge in [-0.1, -0.05) is 27.2 Å². The first-order valence-electron chi connectivity index (χ1n) is 4.68. The van der Waals surface area contributed by atoms with Crippen molar-refractivity contribution in [3.05, 3.63) is 0 Å². The fourth-order valence-electron chi connectivity index (χ4n) is 1.12. The van der Waals surface area contributed by atoms with Gasteiger partial charge in [0.25, 0.3) is 0 Å². The molecule has 0 aliphatic heterocycles. The topological polar surface area (TPSA) is 9.23 Å². The molecule has 5 heteroatoms. The Bertz CT molecular complexity index is 161. The number of rotatable bonds is 6. The predicted molar refractivity (Wildman–Crippen MR) is 45.6 cm³/mol. The van der Waals surface area contributed by atoms with Crippen LogP contribution in [0.4, 0.5) is 17.6 Å². The first-order valence-corrected chi connectivity index (χ1v) is 4.68. The van der Waals surface area contributed by atoms with Crippen LogP contribution in [0.1, 0.15) is 33.6 Å². The minimum absolute atomic E-state index is 0.148. The zero-order valence-corrected chi connectivity index (χ0v) is 8.57. The van der Waals surface area contributed by atoms with Gasteiger partial charge in [-0.15, -0.1) is 0 Å². The van der Waals surface area contributed by atoms with Crippen LogP contribution in [-0.2, 0) is 4.74 Å². The third-order valence-electron chi connectivity index (χ3n) is 2.24. The van der Waals surface area contributed by atoms with E-state index in [0.717, 1.165) is 0 Å². The van der Waals surface area contributed by atoms with Gasteiger partial charge in [0.15, 0.2) is 0 Å². The summed E-state index contributed by atoms with van der Waals surface area (Å²) in [7, 11) is 0. The molecule has 0 bridgehead atoms. The van der Waals surface area contributed by atoms with Crippen LogP contribution in [0.3, 0.4) is 0 Å². The summed E-state index contributed by atoms with van der Waals surface area (Å²) in [5.74, 6) is -0.148. The molecule has 0 saturated heterocycles. The lowest BCUT2D eigenvalue weighted by molar-refractivity contribution is -0.324. The summed E-state index contributed by atoms with van der Waals surface area (Å²) >= 11 is 0. The molecular formula is C9H16F4O. The Labute approximate surface area is 81.4 Å². The minimum atomic E-state index is -4.33. The second-order valence-corrected chi connectivity index (χ2v) is 3.31. The smallest absolute Gasteiger partial charge is 0.312 e. The summed E-state index contributed by atoms with van der Waals surface area (Å²) in [5, 5.41) is 0. The molecule has 0 aliphatic rings. The van der Waals surface area contributed by atoms with E-state index in [9.17, 15) is 17.6 Å². The second-order valence-electron chi connectivity index (χ2n) is 3.31. The van der Waals surface area contributed by atoms with E-state index in [4.69, 9.17) is 0 Å². The van der Waals surface area contributed by atoms with Crippen LogP contribution in [0.15, 0.2) is 0 Å². The third kappa shape index (κ3) is 3.82. The van der Waals surface area contributed by atoms with Gasteiger partial charge in [-0.3, -0.25) is 0 Å². The van der Waals surface area contributed by atoms with E-state index < -0.39 is 18.6 Å². The molecule has 0 amide bonds. The highest BCUT2D eigenvalue weighted by Crippen LogP contribution is 2.29.